The Kier molecular flexibility index (Phi) is 7.10. The summed E-state index contributed by atoms with van der Waals surface area (Å²) >= 11 is 1.63. The van der Waals surface area contributed by atoms with Crippen LogP contribution in [0, 0.1) is 0 Å². The van der Waals surface area contributed by atoms with Crippen molar-refractivity contribution in [1.82, 2.24) is 0 Å². The minimum Gasteiger partial charge on any atom is -0.465 e. The van der Waals surface area contributed by atoms with E-state index in [0.29, 0.717) is 5.92 Å². The number of benzene rings is 3. The molecule has 0 unspecified atom stereocenters. The van der Waals surface area contributed by atoms with E-state index in [-0.39, 0.29) is 0 Å². The summed E-state index contributed by atoms with van der Waals surface area (Å²) in [5.41, 5.74) is 3.21. The van der Waals surface area contributed by atoms with Crippen molar-refractivity contribution in [1.29, 1.82) is 0 Å². The van der Waals surface area contributed by atoms with Gasteiger partial charge in [-0.05, 0) is 54.8 Å². The van der Waals surface area contributed by atoms with Crippen molar-refractivity contribution in [3.8, 4) is 5.75 Å². The second kappa shape index (κ2) is 9.95. The lowest BCUT2D eigenvalue weighted by Crippen LogP contribution is -1.97. The zero-order valence-electron chi connectivity index (χ0n) is 16.5. The molecule has 0 fully saturated rings. The first-order chi connectivity index (χ1) is 13.6. The predicted molar refractivity (Wildman–Crippen MR) is 121 cm³/mol. The maximum absolute atomic E-state index is 5.90. The molecular weight excluding hydrogens is 362 g/mol. The van der Waals surface area contributed by atoms with Crippen molar-refractivity contribution in [3.05, 3.63) is 102 Å². The molecule has 0 amide bonds. The fourth-order valence-corrected chi connectivity index (χ4v) is 3.43. The summed E-state index contributed by atoms with van der Waals surface area (Å²) in [4.78, 5) is 5.98. The van der Waals surface area contributed by atoms with Crippen LogP contribution in [-0.4, -0.2) is 5.04 Å². The first kappa shape index (κ1) is 20.0. The van der Waals surface area contributed by atoms with Gasteiger partial charge in [-0.25, -0.2) is 4.99 Å². The smallest absolute Gasteiger partial charge is 0.126 e. The van der Waals surface area contributed by atoms with Crippen LogP contribution in [0.4, 0.5) is 5.69 Å². The molecule has 0 aliphatic heterocycles. The minimum atomic E-state index is 0.512. The Morgan fingerprint density at radius 1 is 0.857 bits per heavy atom. The molecule has 0 radical (unpaired) electrons. The summed E-state index contributed by atoms with van der Waals surface area (Å²) in [6, 6.07) is 28.5. The predicted octanol–water partition coefficient (Wildman–Crippen LogP) is 7.62. The van der Waals surface area contributed by atoms with E-state index < -0.39 is 0 Å². The number of aliphatic imine (C=N–C) groups is 1. The zero-order chi connectivity index (χ0) is 19.8. The van der Waals surface area contributed by atoms with Crippen LogP contribution < -0.4 is 4.74 Å². The molecule has 2 nitrogen and oxygen atoms in total. The van der Waals surface area contributed by atoms with E-state index in [2.05, 4.69) is 38.1 Å². The lowest BCUT2D eigenvalue weighted by molar-refractivity contribution is 0.478. The highest BCUT2D eigenvalue weighted by Crippen LogP contribution is 2.27. The first-order valence-electron chi connectivity index (χ1n) is 9.42. The Hall–Kier alpha value is -2.78. The standard InChI is InChI=1S/C25H25NOS/c1-19(2)21-14-16-23(17-15-21)27-18-20(3)25(26-22-10-6-4-7-11-22)28-24-12-8-5-9-13-24/h4-19H,1-3H3. The fraction of sp³-hybridized carbons (Fsp3) is 0.160. The molecule has 0 heterocycles. The number of hydrogen-bond donors (Lipinski definition) is 0. The van der Waals surface area contributed by atoms with Gasteiger partial charge in [0, 0.05) is 10.5 Å². The fourth-order valence-electron chi connectivity index (χ4n) is 2.55. The summed E-state index contributed by atoms with van der Waals surface area (Å²) in [5.74, 6) is 1.34. The number of thioether (sulfide) groups is 1. The molecule has 0 N–H and O–H groups in total. The van der Waals surface area contributed by atoms with Crippen LogP contribution in [0.25, 0.3) is 0 Å². The normalized spacial score (nSPS) is 12.3. The van der Waals surface area contributed by atoms with Crippen molar-refractivity contribution in [3.63, 3.8) is 0 Å². The van der Waals surface area contributed by atoms with Crippen molar-refractivity contribution in [2.45, 2.75) is 31.6 Å². The van der Waals surface area contributed by atoms with Gasteiger partial charge in [0.2, 0.25) is 0 Å². The van der Waals surface area contributed by atoms with Crippen LogP contribution in [0.5, 0.6) is 5.75 Å². The van der Waals surface area contributed by atoms with Gasteiger partial charge < -0.3 is 4.74 Å². The lowest BCUT2D eigenvalue weighted by Gasteiger charge is -2.09. The summed E-state index contributed by atoms with van der Waals surface area (Å²) < 4.78 is 5.90. The van der Waals surface area contributed by atoms with E-state index in [4.69, 9.17) is 9.73 Å². The highest BCUT2D eigenvalue weighted by Gasteiger charge is 2.07. The van der Waals surface area contributed by atoms with Gasteiger partial charge in [0.15, 0.2) is 0 Å². The average molecular weight is 388 g/mol. The van der Waals surface area contributed by atoms with Gasteiger partial charge in [-0.2, -0.15) is 0 Å². The molecule has 0 bridgehead atoms. The number of rotatable bonds is 6. The van der Waals surface area contributed by atoms with Gasteiger partial charge in [0.05, 0.1) is 11.9 Å². The van der Waals surface area contributed by atoms with Crippen LogP contribution >= 0.6 is 11.8 Å². The van der Waals surface area contributed by atoms with Gasteiger partial charge in [-0.3, -0.25) is 0 Å². The molecule has 3 aromatic rings. The molecule has 0 aromatic heterocycles. The van der Waals surface area contributed by atoms with Crippen molar-refractivity contribution in [2.24, 2.45) is 4.99 Å². The summed E-state index contributed by atoms with van der Waals surface area (Å²) in [6.07, 6.45) is 1.78. The molecule has 0 atom stereocenters. The first-order valence-corrected chi connectivity index (χ1v) is 10.2. The van der Waals surface area contributed by atoms with Crippen molar-refractivity contribution in [2.75, 3.05) is 0 Å². The maximum Gasteiger partial charge on any atom is 0.126 e. The summed E-state index contributed by atoms with van der Waals surface area (Å²) in [6.45, 7) is 6.40. The molecule has 0 aliphatic rings. The second-order valence-electron chi connectivity index (χ2n) is 6.81. The monoisotopic (exact) mass is 387 g/mol. The van der Waals surface area contributed by atoms with Crippen LogP contribution in [0.3, 0.4) is 0 Å². The van der Waals surface area contributed by atoms with Crippen molar-refractivity contribution < 1.29 is 4.74 Å². The summed E-state index contributed by atoms with van der Waals surface area (Å²) in [7, 11) is 0. The topological polar surface area (TPSA) is 21.6 Å². The van der Waals surface area contributed by atoms with Gasteiger partial charge in [0.1, 0.15) is 10.8 Å². The van der Waals surface area contributed by atoms with Gasteiger partial charge in [0.25, 0.3) is 0 Å². The molecule has 142 valence electrons. The number of hydrogen-bond acceptors (Lipinski definition) is 3. The van der Waals surface area contributed by atoms with E-state index in [1.807, 2.05) is 67.6 Å². The molecule has 0 spiro atoms. The number of nitrogens with zero attached hydrogens (tertiary/aromatic N) is 1. The third kappa shape index (κ3) is 5.86. The largest absolute Gasteiger partial charge is 0.465 e. The van der Waals surface area contributed by atoms with Gasteiger partial charge in [-0.1, -0.05) is 74.1 Å². The molecule has 3 heteroatoms. The Bertz CT molecular complexity index is 929. The van der Waals surface area contributed by atoms with Crippen LogP contribution in [0.1, 0.15) is 32.3 Å². The van der Waals surface area contributed by atoms with E-state index >= 15 is 0 Å². The van der Waals surface area contributed by atoms with E-state index in [1.165, 1.54) is 5.56 Å². The van der Waals surface area contributed by atoms with Crippen molar-refractivity contribution >= 4 is 22.5 Å². The Morgan fingerprint density at radius 3 is 2.07 bits per heavy atom. The summed E-state index contributed by atoms with van der Waals surface area (Å²) in [5, 5.41) is 0.913. The third-order valence-corrected chi connectivity index (χ3v) is 5.31. The SMILES string of the molecule is CC(=COc1ccc(C(C)C)cc1)C(=Nc1ccccc1)Sc1ccccc1. The van der Waals surface area contributed by atoms with Crippen LogP contribution in [0.2, 0.25) is 0 Å². The maximum atomic E-state index is 5.90. The van der Waals surface area contributed by atoms with Crippen LogP contribution in [-0.2, 0) is 0 Å². The van der Waals surface area contributed by atoms with Crippen LogP contribution in [0.15, 0.2) is 107 Å². The number of para-hydroxylation sites is 1. The van der Waals surface area contributed by atoms with E-state index in [1.54, 1.807) is 18.0 Å². The van der Waals surface area contributed by atoms with E-state index in [9.17, 15) is 0 Å². The van der Waals surface area contributed by atoms with Gasteiger partial charge in [-0.15, -0.1) is 0 Å². The molecule has 0 saturated carbocycles. The number of ether oxygens (including phenoxy) is 1. The molecule has 3 rings (SSSR count). The molecule has 0 aliphatic carbocycles. The highest BCUT2D eigenvalue weighted by molar-refractivity contribution is 8.14. The van der Waals surface area contributed by atoms with E-state index in [0.717, 1.165) is 26.9 Å². The Balaban J connectivity index is 1.82. The quantitative estimate of drug-likeness (QED) is 0.188. The molecule has 28 heavy (non-hydrogen) atoms. The lowest BCUT2D eigenvalue weighted by atomic mass is 10.0. The molecule has 0 saturated heterocycles. The Labute approximate surface area is 172 Å². The van der Waals surface area contributed by atoms with Gasteiger partial charge >= 0.3 is 0 Å². The third-order valence-electron chi connectivity index (χ3n) is 4.20. The Morgan fingerprint density at radius 2 is 1.46 bits per heavy atom. The second-order valence-corrected chi connectivity index (χ2v) is 7.87. The molecule has 3 aromatic carbocycles. The average Bonchev–Trinajstić information content (AvgIpc) is 2.73. The molecular formula is C25H25NOS. The highest BCUT2D eigenvalue weighted by atomic mass is 32.2. The zero-order valence-corrected chi connectivity index (χ0v) is 17.3. The minimum absolute atomic E-state index is 0.512.